The Kier molecular flexibility index (Phi) is 6.66. The van der Waals surface area contributed by atoms with E-state index >= 15 is 0 Å². The van der Waals surface area contributed by atoms with Gasteiger partial charge in [-0.05, 0) is 6.92 Å². The fourth-order valence-electron chi connectivity index (χ4n) is 0.759. The van der Waals surface area contributed by atoms with Crippen LogP contribution in [0, 0.1) is 0 Å². The third kappa shape index (κ3) is 4.28. The highest BCUT2D eigenvalue weighted by Crippen LogP contribution is 2.02. The molecule has 0 amide bonds. The molecule has 0 aromatic carbocycles. The highest BCUT2D eigenvalue weighted by atomic mass is 16.7. The Bertz CT molecular complexity index is 143. The van der Waals surface area contributed by atoms with Gasteiger partial charge in [0, 0.05) is 7.11 Å². The molecule has 2 atom stereocenters. The summed E-state index contributed by atoms with van der Waals surface area (Å²) in [5.74, 6) is 0. The first-order valence-electron chi connectivity index (χ1n) is 3.80. The molecule has 1 N–H and O–H groups in total. The van der Waals surface area contributed by atoms with Crippen LogP contribution in [0.3, 0.4) is 0 Å². The molecule has 3 nitrogen and oxygen atoms in total. The first kappa shape index (κ1) is 11.4. The Morgan fingerprint density at radius 1 is 1.58 bits per heavy atom. The summed E-state index contributed by atoms with van der Waals surface area (Å²) in [7, 11) is 1.53. The van der Waals surface area contributed by atoms with E-state index in [0.717, 1.165) is 0 Å². The van der Waals surface area contributed by atoms with Crippen molar-refractivity contribution in [3.63, 3.8) is 0 Å². The lowest BCUT2D eigenvalue weighted by molar-refractivity contribution is -0.0831. The normalized spacial score (nSPS) is 16.2. The van der Waals surface area contributed by atoms with Crippen LogP contribution in [0.2, 0.25) is 0 Å². The van der Waals surface area contributed by atoms with E-state index in [-0.39, 0.29) is 6.79 Å². The lowest BCUT2D eigenvalue weighted by Gasteiger charge is -2.16. The monoisotopic (exact) mass is 172 g/mol. The molecule has 0 bridgehead atoms. The number of hydrogen-bond acceptors (Lipinski definition) is 3. The van der Waals surface area contributed by atoms with Crippen LogP contribution in [0.25, 0.3) is 0 Å². The van der Waals surface area contributed by atoms with Crippen molar-refractivity contribution in [2.45, 2.75) is 19.1 Å². The van der Waals surface area contributed by atoms with Gasteiger partial charge in [-0.1, -0.05) is 18.2 Å². The van der Waals surface area contributed by atoms with E-state index in [9.17, 15) is 5.11 Å². The number of rotatable bonds is 6. The van der Waals surface area contributed by atoms with Crippen LogP contribution in [0.5, 0.6) is 0 Å². The summed E-state index contributed by atoms with van der Waals surface area (Å²) in [6, 6.07) is 0. The molecular weight excluding hydrogens is 156 g/mol. The Labute approximate surface area is 73.3 Å². The van der Waals surface area contributed by atoms with Gasteiger partial charge in [-0.3, -0.25) is 0 Å². The molecule has 0 saturated heterocycles. The van der Waals surface area contributed by atoms with E-state index in [4.69, 9.17) is 9.47 Å². The molecule has 0 rings (SSSR count). The Balaban J connectivity index is 3.86. The minimum Gasteiger partial charge on any atom is -0.386 e. The topological polar surface area (TPSA) is 38.7 Å². The zero-order valence-corrected chi connectivity index (χ0v) is 7.56. The van der Waals surface area contributed by atoms with Crippen LogP contribution in [-0.2, 0) is 9.47 Å². The fourth-order valence-corrected chi connectivity index (χ4v) is 0.759. The van der Waals surface area contributed by atoms with Gasteiger partial charge in [0.25, 0.3) is 0 Å². The number of allylic oxidation sites excluding steroid dienone is 1. The predicted octanol–water partition coefficient (Wildman–Crippen LogP) is 1.10. The first-order valence-corrected chi connectivity index (χ1v) is 3.80. The minimum absolute atomic E-state index is 0.158. The standard InChI is InChI=1S/C9H16O3/c1-4-6-8(10)9(5-2)12-7-11-3/h4-6,8-10H,2,7H2,1,3H3/b6-4+. The third-order valence-electron chi connectivity index (χ3n) is 1.34. The van der Waals surface area contributed by atoms with Crippen molar-refractivity contribution in [1.29, 1.82) is 0 Å². The molecule has 0 aliphatic heterocycles. The van der Waals surface area contributed by atoms with Crippen LogP contribution >= 0.6 is 0 Å². The summed E-state index contributed by atoms with van der Waals surface area (Å²) in [5, 5.41) is 9.40. The maximum atomic E-state index is 9.40. The molecule has 12 heavy (non-hydrogen) atoms. The molecule has 0 aliphatic rings. The quantitative estimate of drug-likeness (QED) is 0.481. The average molecular weight is 172 g/mol. The summed E-state index contributed by atoms with van der Waals surface area (Å²) >= 11 is 0. The lowest BCUT2D eigenvalue weighted by Crippen LogP contribution is -2.25. The molecule has 0 aromatic heterocycles. The molecular formula is C9H16O3. The van der Waals surface area contributed by atoms with E-state index in [0.29, 0.717) is 0 Å². The Hall–Kier alpha value is -0.640. The van der Waals surface area contributed by atoms with E-state index in [2.05, 4.69) is 6.58 Å². The molecule has 70 valence electrons. The van der Waals surface area contributed by atoms with Crippen molar-refractivity contribution in [3.8, 4) is 0 Å². The van der Waals surface area contributed by atoms with Gasteiger partial charge in [0.2, 0.25) is 0 Å². The second-order valence-electron chi connectivity index (χ2n) is 2.29. The van der Waals surface area contributed by atoms with Gasteiger partial charge in [0.15, 0.2) is 0 Å². The Morgan fingerprint density at radius 2 is 2.25 bits per heavy atom. The van der Waals surface area contributed by atoms with Crippen LogP contribution in [-0.4, -0.2) is 31.2 Å². The maximum absolute atomic E-state index is 9.40. The second-order valence-corrected chi connectivity index (χ2v) is 2.29. The second kappa shape index (κ2) is 7.03. The summed E-state index contributed by atoms with van der Waals surface area (Å²) in [6.45, 7) is 5.53. The maximum Gasteiger partial charge on any atom is 0.147 e. The lowest BCUT2D eigenvalue weighted by atomic mass is 10.2. The van der Waals surface area contributed by atoms with Crippen molar-refractivity contribution in [2.24, 2.45) is 0 Å². The number of aliphatic hydroxyl groups is 1. The number of aliphatic hydroxyl groups excluding tert-OH is 1. The molecule has 0 heterocycles. The summed E-state index contributed by atoms with van der Waals surface area (Å²) < 4.78 is 9.81. The van der Waals surface area contributed by atoms with Crippen LogP contribution in [0.15, 0.2) is 24.8 Å². The van der Waals surface area contributed by atoms with Gasteiger partial charge >= 0.3 is 0 Å². The van der Waals surface area contributed by atoms with Crippen molar-refractivity contribution in [1.82, 2.24) is 0 Å². The van der Waals surface area contributed by atoms with Crippen molar-refractivity contribution < 1.29 is 14.6 Å². The largest absolute Gasteiger partial charge is 0.386 e. The predicted molar refractivity (Wildman–Crippen MR) is 47.8 cm³/mol. The van der Waals surface area contributed by atoms with Crippen molar-refractivity contribution in [3.05, 3.63) is 24.8 Å². The first-order chi connectivity index (χ1) is 5.76. The van der Waals surface area contributed by atoms with E-state index in [1.54, 1.807) is 18.2 Å². The van der Waals surface area contributed by atoms with Crippen LogP contribution < -0.4 is 0 Å². The van der Waals surface area contributed by atoms with E-state index in [1.807, 2.05) is 6.92 Å². The van der Waals surface area contributed by atoms with Gasteiger partial charge in [0.1, 0.15) is 19.0 Å². The van der Waals surface area contributed by atoms with E-state index in [1.165, 1.54) is 7.11 Å². The molecule has 0 spiro atoms. The zero-order chi connectivity index (χ0) is 9.40. The molecule has 0 saturated carbocycles. The van der Waals surface area contributed by atoms with Gasteiger partial charge < -0.3 is 14.6 Å². The van der Waals surface area contributed by atoms with Crippen LogP contribution in [0.4, 0.5) is 0 Å². The van der Waals surface area contributed by atoms with Crippen LogP contribution in [0.1, 0.15) is 6.92 Å². The molecule has 0 aromatic rings. The van der Waals surface area contributed by atoms with Gasteiger partial charge in [-0.25, -0.2) is 0 Å². The highest BCUT2D eigenvalue weighted by molar-refractivity contribution is 4.97. The van der Waals surface area contributed by atoms with E-state index < -0.39 is 12.2 Å². The highest BCUT2D eigenvalue weighted by Gasteiger charge is 2.12. The van der Waals surface area contributed by atoms with Gasteiger partial charge in [-0.2, -0.15) is 0 Å². The van der Waals surface area contributed by atoms with Crippen molar-refractivity contribution >= 4 is 0 Å². The average Bonchev–Trinajstić information content (AvgIpc) is 2.06. The summed E-state index contributed by atoms with van der Waals surface area (Å²) in [6.07, 6.45) is 3.90. The Morgan fingerprint density at radius 3 is 2.67 bits per heavy atom. The fraction of sp³-hybridized carbons (Fsp3) is 0.556. The number of hydrogen-bond donors (Lipinski definition) is 1. The SMILES string of the molecule is C=CC(OCOC)C(O)/C=C/C. The smallest absolute Gasteiger partial charge is 0.147 e. The summed E-state index contributed by atoms with van der Waals surface area (Å²) in [4.78, 5) is 0. The van der Waals surface area contributed by atoms with Crippen molar-refractivity contribution in [2.75, 3.05) is 13.9 Å². The molecule has 0 fully saturated rings. The molecule has 3 heteroatoms. The summed E-state index contributed by atoms with van der Waals surface area (Å²) in [5.41, 5.74) is 0. The molecule has 0 radical (unpaired) electrons. The number of methoxy groups -OCH3 is 1. The van der Waals surface area contributed by atoms with Gasteiger partial charge in [-0.15, -0.1) is 6.58 Å². The molecule has 0 aliphatic carbocycles. The van der Waals surface area contributed by atoms with Gasteiger partial charge in [0.05, 0.1) is 0 Å². The third-order valence-corrected chi connectivity index (χ3v) is 1.34. The minimum atomic E-state index is -0.650. The zero-order valence-electron chi connectivity index (χ0n) is 7.56. The number of ether oxygens (including phenoxy) is 2. The molecule has 2 unspecified atom stereocenters.